The number of carbonyl (C=O) groups is 1. The lowest BCUT2D eigenvalue weighted by molar-refractivity contribution is -0.140. The molecule has 0 aliphatic rings. The number of hydrogen-bond donors (Lipinski definition) is 0. The molecule has 2 aromatic carbocycles. The molecule has 0 N–H and O–H groups in total. The number of allylic oxidation sites excluding steroid dienone is 1. The van der Waals surface area contributed by atoms with Crippen LogP contribution < -0.4 is 4.74 Å². The number of ether oxygens (including phenoxy) is 2. The molecule has 2 rings (SSSR count). The average molecular weight is 418 g/mol. The van der Waals surface area contributed by atoms with E-state index in [0.717, 1.165) is 16.7 Å². The topological polar surface area (TPSA) is 72.9 Å². The first-order chi connectivity index (χ1) is 13.8. The maximum absolute atomic E-state index is 13.4. The Hall–Kier alpha value is -2.64. The molecule has 0 aromatic heterocycles. The van der Waals surface area contributed by atoms with Crippen molar-refractivity contribution < 1.29 is 22.7 Å². The Morgan fingerprint density at radius 2 is 1.55 bits per heavy atom. The van der Waals surface area contributed by atoms with Crippen LogP contribution in [0.2, 0.25) is 0 Å². The van der Waals surface area contributed by atoms with Crippen molar-refractivity contribution in [2.45, 2.75) is 31.7 Å². The number of benzene rings is 2. The highest BCUT2D eigenvalue weighted by Gasteiger charge is 2.37. The Balaban J connectivity index is 2.41. The maximum Gasteiger partial charge on any atom is 0.325 e. The highest BCUT2D eigenvalue weighted by molar-refractivity contribution is 7.90. The highest BCUT2D eigenvalue weighted by Crippen LogP contribution is 2.22. The first-order valence-corrected chi connectivity index (χ1v) is 10.7. The summed E-state index contributed by atoms with van der Waals surface area (Å²) in [7, 11) is -1.25. The van der Waals surface area contributed by atoms with Crippen molar-refractivity contribution in [3.05, 3.63) is 77.9 Å². The average Bonchev–Trinajstić information content (AvgIpc) is 2.72. The summed E-state index contributed by atoms with van der Waals surface area (Å²) in [6.07, 6.45) is 1.39. The molecule has 0 heterocycles. The lowest BCUT2D eigenvalue weighted by Gasteiger charge is -2.26. The molecule has 0 aliphatic heterocycles. The number of rotatable bonds is 10. The summed E-state index contributed by atoms with van der Waals surface area (Å²) in [5, 5.41) is -1.34. The number of hydrogen-bond acceptors (Lipinski definition) is 5. The molecule has 7 heteroatoms. The monoisotopic (exact) mass is 417 g/mol. The molecule has 0 bridgehead atoms. The Morgan fingerprint density at radius 1 is 1.03 bits per heavy atom. The standard InChI is InChI=1S/C22H27NO5S/c1-5-6-21(22(24)28-4)29(25,26)23(15-18-9-7-17(2)8-10-18)16-19-11-13-20(27-3)14-12-19/h5,7-14,21H,1,6,15-16H2,2-4H3/t21-/m0/s1. The SMILES string of the molecule is C=CC[C@@H](C(=O)OC)S(=O)(=O)N(Cc1ccc(C)cc1)Cc1ccc(OC)cc1. The van der Waals surface area contributed by atoms with E-state index < -0.39 is 21.2 Å². The third-order valence-electron chi connectivity index (χ3n) is 4.56. The molecular formula is C22H27NO5S. The van der Waals surface area contributed by atoms with Crippen LogP contribution in [-0.2, 0) is 32.6 Å². The minimum Gasteiger partial charge on any atom is -0.497 e. The Labute approximate surface area is 172 Å². The first-order valence-electron chi connectivity index (χ1n) is 9.18. The first kappa shape index (κ1) is 22.6. The van der Waals surface area contributed by atoms with Gasteiger partial charge in [-0.15, -0.1) is 6.58 Å². The van der Waals surface area contributed by atoms with Crippen LogP contribution in [-0.4, -0.2) is 38.2 Å². The number of methoxy groups -OCH3 is 2. The van der Waals surface area contributed by atoms with Crippen LogP contribution in [0.25, 0.3) is 0 Å². The summed E-state index contributed by atoms with van der Waals surface area (Å²) >= 11 is 0. The minimum atomic E-state index is -4.00. The lowest BCUT2D eigenvalue weighted by Crippen LogP contribution is -2.42. The molecule has 0 unspecified atom stereocenters. The molecule has 29 heavy (non-hydrogen) atoms. The zero-order valence-corrected chi connectivity index (χ0v) is 17.8. The number of esters is 1. The van der Waals surface area contributed by atoms with E-state index >= 15 is 0 Å². The van der Waals surface area contributed by atoms with Gasteiger partial charge in [-0.1, -0.05) is 48.0 Å². The van der Waals surface area contributed by atoms with Crippen molar-refractivity contribution in [3.63, 3.8) is 0 Å². The molecule has 0 amide bonds. The van der Waals surface area contributed by atoms with Crippen molar-refractivity contribution in [3.8, 4) is 5.75 Å². The van der Waals surface area contributed by atoms with Gasteiger partial charge in [0.05, 0.1) is 14.2 Å². The maximum atomic E-state index is 13.4. The summed E-state index contributed by atoms with van der Waals surface area (Å²) in [6.45, 7) is 5.80. The van der Waals surface area contributed by atoms with Crippen molar-refractivity contribution in [1.82, 2.24) is 4.31 Å². The summed E-state index contributed by atoms with van der Waals surface area (Å²) < 4.78 is 38.0. The molecular weight excluding hydrogens is 390 g/mol. The van der Waals surface area contributed by atoms with Crippen LogP contribution in [0.4, 0.5) is 0 Å². The Morgan fingerprint density at radius 3 is 2.00 bits per heavy atom. The second-order valence-electron chi connectivity index (χ2n) is 6.68. The molecule has 6 nitrogen and oxygen atoms in total. The van der Waals surface area contributed by atoms with Gasteiger partial charge in [0.15, 0.2) is 5.25 Å². The molecule has 1 atom stereocenters. The van der Waals surface area contributed by atoms with Crippen LogP contribution in [0.1, 0.15) is 23.1 Å². The lowest BCUT2D eigenvalue weighted by atomic mass is 10.1. The van der Waals surface area contributed by atoms with Gasteiger partial charge < -0.3 is 9.47 Å². The van der Waals surface area contributed by atoms with E-state index in [1.54, 1.807) is 31.4 Å². The van der Waals surface area contributed by atoms with Gasteiger partial charge in [-0.25, -0.2) is 8.42 Å². The van der Waals surface area contributed by atoms with Crippen molar-refractivity contribution in [2.75, 3.05) is 14.2 Å². The molecule has 0 fully saturated rings. The fraction of sp³-hybridized carbons (Fsp3) is 0.318. The summed E-state index contributed by atoms with van der Waals surface area (Å²) in [5.74, 6) is -0.116. The third kappa shape index (κ3) is 5.92. The molecule has 0 radical (unpaired) electrons. The predicted octanol–water partition coefficient (Wildman–Crippen LogP) is 3.45. The van der Waals surface area contributed by atoms with Gasteiger partial charge in [-0.2, -0.15) is 4.31 Å². The second-order valence-corrected chi connectivity index (χ2v) is 8.80. The van der Waals surface area contributed by atoms with E-state index in [2.05, 4.69) is 6.58 Å². The Kier molecular flexibility index (Phi) is 7.99. The normalized spacial score (nSPS) is 12.4. The molecule has 156 valence electrons. The molecule has 2 aromatic rings. The summed E-state index contributed by atoms with van der Waals surface area (Å²) in [5.41, 5.74) is 2.69. The third-order valence-corrected chi connectivity index (χ3v) is 6.64. The largest absolute Gasteiger partial charge is 0.497 e. The van der Waals surface area contributed by atoms with Crippen LogP contribution in [0, 0.1) is 6.92 Å². The highest BCUT2D eigenvalue weighted by atomic mass is 32.2. The molecule has 0 aliphatic carbocycles. The van der Waals surface area contributed by atoms with Crippen molar-refractivity contribution >= 4 is 16.0 Å². The fourth-order valence-electron chi connectivity index (χ4n) is 2.87. The quantitative estimate of drug-likeness (QED) is 0.437. The van der Waals surface area contributed by atoms with E-state index in [4.69, 9.17) is 9.47 Å². The van der Waals surface area contributed by atoms with Gasteiger partial charge in [-0.05, 0) is 36.6 Å². The van der Waals surface area contributed by atoms with E-state index in [9.17, 15) is 13.2 Å². The van der Waals surface area contributed by atoms with Crippen molar-refractivity contribution in [2.24, 2.45) is 0 Å². The van der Waals surface area contributed by atoms with Crippen LogP contribution in [0.5, 0.6) is 5.75 Å². The van der Waals surface area contributed by atoms with Crippen LogP contribution >= 0.6 is 0 Å². The minimum absolute atomic E-state index is 0.0258. The molecule has 0 spiro atoms. The number of aryl methyl sites for hydroxylation is 1. The van der Waals surface area contributed by atoms with Gasteiger partial charge >= 0.3 is 5.97 Å². The Bertz CT molecular complexity index is 921. The molecule has 0 saturated heterocycles. The number of nitrogens with zero attached hydrogens (tertiary/aromatic N) is 1. The number of carbonyl (C=O) groups excluding carboxylic acids is 1. The van der Waals surface area contributed by atoms with Crippen LogP contribution in [0.3, 0.4) is 0 Å². The summed E-state index contributed by atoms with van der Waals surface area (Å²) in [4.78, 5) is 12.2. The summed E-state index contributed by atoms with van der Waals surface area (Å²) in [6, 6.07) is 14.8. The van der Waals surface area contributed by atoms with E-state index in [-0.39, 0.29) is 19.5 Å². The van der Waals surface area contributed by atoms with Gasteiger partial charge in [0.2, 0.25) is 10.0 Å². The van der Waals surface area contributed by atoms with Crippen molar-refractivity contribution in [1.29, 1.82) is 0 Å². The molecule has 0 saturated carbocycles. The van der Waals surface area contributed by atoms with E-state index in [1.807, 2.05) is 31.2 Å². The second kappa shape index (κ2) is 10.2. The number of sulfonamides is 1. The van der Waals surface area contributed by atoms with Gasteiger partial charge in [0, 0.05) is 13.1 Å². The van der Waals surface area contributed by atoms with Gasteiger partial charge in [0.1, 0.15) is 5.75 Å². The van der Waals surface area contributed by atoms with Crippen LogP contribution in [0.15, 0.2) is 61.2 Å². The van der Waals surface area contributed by atoms with Gasteiger partial charge in [0.25, 0.3) is 0 Å². The van der Waals surface area contributed by atoms with Gasteiger partial charge in [-0.3, -0.25) is 4.79 Å². The van der Waals surface area contributed by atoms with E-state index in [1.165, 1.54) is 17.5 Å². The van der Waals surface area contributed by atoms with E-state index in [0.29, 0.717) is 5.75 Å². The smallest absolute Gasteiger partial charge is 0.325 e. The predicted molar refractivity (Wildman–Crippen MR) is 113 cm³/mol. The fourth-order valence-corrected chi connectivity index (χ4v) is 4.61. The zero-order chi connectivity index (χ0) is 21.4. The zero-order valence-electron chi connectivity index (χ0n) is 17.0.